The van der Waals surface area contributed by atoms with Crippen molar-refractivity contribution in [2.24, 2.45) is 35.5 Å². The molecule has 0 aliphatic heterocycles. The van der Waals surface area contributed by atoms with E-state index in [-0.39, 0.29) is 86.8 Å². The Morgan fingerprint density at radius 3 is 1.63 bits per heavy atom. The molecule has 0 unspecified atom stereocenters. The Bertz CT molecular complexity index is 1890. The number of carbonyl (C=O) groups is 2. The van der Waals surface area contributed by atoms with Gasteiger partial charge in [-0.15, -0.1) is 0 Å². The first-order chi connectivity index (χ1) is 32.0. The molecule has 70 heavy (non-hydrogen) atoms. The third-order valence-corrected chi connectivity index (χ3v) is 28.9. The lowest BCUT2D eigenvalue weighted by Gasteiger charge is -2.43. The standard InChI is InChI=1S/C59H102O8Si3/c1-25-26-29-45(4)56(64-42-49-34-37-50(62-17)38-35-49)48(7)52(60)39-32-43(2)40-47(6)55(67-70(23,24)59(14,15)16)46(5)33-36-51(65-68(19,20)57(8,9)10)41-53(66-69(21,22)58(11,12)13)44(3)30-27-28-31-54(61)63-18/h25-39,43-48,51,53,55-56H,1,40-42H2,2-24H3/b29-26-,30-27+,31-28-,36-33-,39-32+/t43-,44-,45-,46-,47-,48-,51+,53-,55-,56-/m0/s1. The van der Waals surface area contributed by atoms with E-state index in [0.717, 1.165) is 17.7 Å². The van der Waals surface area contributed by atoms with Crippen LogP contribution in [-0.2, 0) is 38.9 Å². The van der Waals surface area contributed by atoms with Crippen LogP contribution in [0.3, 0.4) is 0 Å². The fraction of sp³-hybridized carbons (Fsp3) is 0.661. The van der Waals surface area contributed by atoms with E-state index < -0.39 is 25.0 Å². The largest absolute Gasteiger partial charge is 0.497 e. The lowest BCUT2D eigenvalue weighted by molar-refractivity contribution is -0.134. The Hall–Kier alpha value is -2.91. The van der Waals surface area contributed by atoms with Gasteiger partial charge in [-0.2, -0.15) is 0 Å². The minimum atomic E-state index is -2.24. The second-order valence-corrected chi connectivity index (χ2v) is 38.9. The van der Waals surface area contributed by atoms with Gasteiger partial charge in [0.25, 0.3) is 0 Å². The number of hydrogen-bond acceptors (Lipinski definition) is 8. The van der Waals surface area contributed by atoms with Crippen LogP contribution in [0.1, 0.15) is 122 Å². The summed E-state index contributed by atoms with van der Waals surface area (Å²) in [6.07, 6.45) is 22.3. The van der Waals surface area contributed by atoms with Crippen molar-refractivity contribution in [3.63, 3.8) is 0 Å². The molecule has 0 fully saturated rings. The van der Waals surface area contributed by atoms with Gasteiger partial charge in [-0.25, -0.2) is 4.79 Å². The molecular weight excluding hydrogens is 921 g/mol. The molecular formula is C59H102O8Si3. The monoisotopic (exact) mass is 1020 g/mol. The van der Waals surface area contributed by atoms with E-state index in [1.807, 2.05) is 43.3 Å². The summed E-state index contributed by atoms with van der Waals surface area (Å²) in [5.74, 6) is 0.517. The van der Waals surface area contributed by atoms with E-state index in [9.17, 15) is 9.59 Å². The molecule has 8 nitrogen and oxygen atoms in total. The van der Waals surface area contributed by atoms with Gasteiger partial charge in [-0.1, -0.05) is 177 Å². The van der Waals surface area contributed by atoms with Crippen LogP contribution in [-0.4, -0.2) is 75.3 Å². The second-order valence-electron chi connectivity index (χ2n) is 24.6. The maximum absolute atomic E-state index is 13.9. The zero-order valence-corrected chi connectivity index (χ0v) is 51.5. The van der Waals surface area contributed by atoms with E-state index in [0.29, 0.717) is 13.0 Å². The minimum Gasteiger partial charge on any atom is -0.497 e. The molecule has 0 amide bonds. The normalized spacial score (nSPS) is 18.2. The van der Waals surface area contributed by atoms with Crippen LogP contribution in [0.5, 0.6) is 5.75 Å². The fourth-order valence-corrected chi connectivity index (χ4v) is 11.7. The van der Waals surface area contributed by atoms with Crippen molar-refractivity contribution in [2.75, 3.05) is 14.2 Å². The highest BCUT2D eigenvalue weighted by Crippen LogP contribution is 2.43. The zero-order chi connectivity index (χ0) is 54.1. The van der Waals surface area contributed by atoms with Gasteiger partial charge >= 0.3 is 5.97 Å². The number of ether oxygens (including phenoxy) is 3. The number of carbonyl (C=O) groups excluding carboxylic acids is 2. The molecule has 398 valence electrons. The van der Waals surface area contributed by atoms with Crippen molar-refractivity contribution in [3.05, 3.63) is 103 Å². The molecule has 0 aliphatic carbocycles. The quantitative estimate of drug-likeness (QED) is 0.0258. The molecule has 0 spiro atoms. The van der Waals surface area contributed by atoms with Crippen molar-refractivity contribution in [2.45, 2.75) is 202 Å². The summed E-state index contributed by atoms with van der Waals surface area (Å²) in [4.78, 5) is 25.8. The Balaban J connectivity index is 3.65. The predicted octanol–water partition coefficient (Wildman–Crippen LogP) is 16.1. The van der Waals surface area contributed by atoms with E-state index in [1.165, 1.54) is 13.2 Å². The summed E-state index contributed by atoms with van der Waals surface area (Å²) in [5.41, 5.74) is 1.02. The van der Waals surface area contributed by atoms with Gasteiger partial charge in [-0.05, 0) is 108 Å². The molecule has 0 N–H and O–H groups in total. The van der Waals surface area contributed by atoms with Gasteiger partial charge in [0.2, 0.25) is 0 Å². The van der Waals surface area contributed by atoms with Crippen LogP contribution in [0, 0.1) is 35.5 Å². The Labute approximate surface area is 432 Å². The number of esters is 1. The third kappa shape index (κ3) is 21.7. The van der Waals surface area contributed by atoms with Crippen LogP contribution >= 0.6 is 0 Å². The lowest BCUT2D eigenvalue weighted by Crippen LogP contribution is -2.48. The van der Waals surface area contributed by atoms with Gasteiger partial charge in [0.15, 0.2) is 30.7 Å². The molecule has 11 heteroatoms. The second kappa shape index (κ2) is 28.5. The Kier molecular flexibility index (Phi) is 26.5. The van der Waals surface area contributed by atoms with Gasteiger partial charge in [0, 0.05) is 24.3 Å². The number of hydrogen-bond donors (Lipinski definition) is 0. The highest BCUT2D eigenvalue weighted by atomic mass is 28.4. The van der Waals surface area contributed by atoms with E-state index in [4.69, 9.17) is 27.5 Å². The van der Waals surface area contributed by atoms with E-state index >= 15 is 0 Å². The smallest absolute Gasteiger partial charge is 0.330 e. The van der Waals surface area contributed by atoms with Crippen LogP contribution in [0.15, 0.2) is 97.7 Å². The van der Waals surface area contributed by atoms with E-state index in [2.05, 4.69) is 173 Å². The van der Waals surface area contributed by atoms with Crippen molar-refractivity contribution in [1.82, 2.24) is 0 Å². The topological polar surface area (TPSA) is 89.5 Å². The average molecular weight is 1020 g/mol. The number of benzene rings is 1. The predicted molar refractivity (Wildman–Crippen MR) is 305 cm³/mol. The summed E-state index contributed by atoms with van der Waals surface area (Å²) < 4.78 is 38.7. The highest BCUT2D eigenvalue weighted by Gasteiger charge is 2.44. The Morgan fingerprint density at radius 1 is 0.600 bits per heavy atom. The molecule has 0 saturated carbocycles. The molecule has 0 aliphatic rings. The number of methoxy groups -OCH3 is 2. The van der Waals surface area contributed by atoms with E-state index in [1.54, 1.807) is 25.3 Å². The molecule has 10 atom stereocenters. The maximum Gasteiger partial charge on any atom is 0.330 e. The van der Waals surface area contributed by atoms with Crippen LogP contribution in [0.4, 0.5) is 0 Å². The molecule has 1 aromatic carbocycles. The van der Waals surface area contributed by atoms with Crippen LogP contribution < -0.4 is 4.74 Å². The summed E-state index contributed by atoms with van der Waals surface area (Å²) in [7, 11) is -3.63. The van der Waals surface area contributed by atoms with Crippen LogP contribution in [0.25, 0.3) is 0 Å². The Morgan fingerprint density at radius 2 is 1.11 bits per heavy atom. The number of allylic oxidation sites excluding steroid dienone is 6. The van der Waals surface area contributed by atoms with Crippen molar-refractivity contribution < 1.29 is 37.1 Å². The summed E-state index contributed by atoms with van der Waals surface area (Å²) in [6, 6.07) is 7.84. The van der Waals surface area contributed by atoms with Crippen molar-refractivity contribution in [3.8, 4) is 5.75 Å². The lowest BCUT2D eigenvalue weighted by atomic mass is 9.85. The molecule has 0 heterocycles. The summed E-state index contributed by atoms with van der Waals surface area (Å²) in [5, 5.41) is 0.0328. The first-order valence-electron chi connectivity index (χ1n) is 25.9. The SMILES string of the molecule is C=C/C=C\[C@H](C)[C@H](OCc1ccc(OC)cc1)[C@@H](C)C(=O)/C=C/[C@H](C)C[C@H](C)[C@@H](O[Si](C)(C)C(C)(C)C)[C@@H](C)/C=C\[C@H](C[C@H](O[Si](C)(C)C(C)(C)C)[C@@H](C)/C=C/C=C\C(=O)OC)O[Si](C)(C)C(C)(C)C. The summed E-state index contributed by atoms with van der Waals surface area (Å²) in [6.45, 7) is 51.9. The van der Waals surface area contributed by atoms with Gasteiger partial charge in [0.1, 0.15) is 5.75 Å². The van der Waals surface area contributed by atoms with Crippen molar-refractivity contribution >= 4 is 36.7 Å². The molecule has 0 aromatic heterocycles. The molecule has 1 aromatic rings. The zero-order valence-electron chi connectivity index (χ0n) is 48.5. The third-order valence-electron chi connectivity index (χ3n) is 15.4. The first kappa shape index (κ1) is 65.1. The van der Waals surface area contributed by atoms with Crippen molar-refractivity contribution in [1.29, 1.82) is 0 Å². The molecule has 0 radical (unpaired) electrons. The van der Waals surface area contributed by atoms with Gasteiger partial charge in [0.05, 0.1) is 45.2 Å². The molecule has 0 saturated heterocycles. The van der Waals surface area contributed by atoms with Gasteiger partial charge in [-0.3, -0.25) is 4.79 Å². The number of ketones is 1. The number of rotatable bonds is 29. The fourth-order valence-electron chi connectivity index (χ4n) is 7.51. The van der Waals surface area contributed by atoms with Crippen LogP contribution in [0.2, 0.25) is 54.4 Å². The first-order valence-corrected chi connectivity index (χ1v) is 34.7. The summed E-state index contributed by atoms with van der Waals surface area (Å²) >= 11 is 0. The molecule has 0 bridgehead atoms. The maximum atomic E-state index is 13.9. The molecule has 1 rings (SSSR count). The highest BCUT2D eigenvalue weighted by molar-refractivity contribution is 6.75. The average Bonchev–Trinajstić information content (AvgIpc) is 3.25. The van der Waals surface area contributed by atoms with Gasteiger partial charge < -0.3 is 27.5 Å². The minimum absolute atomic E-state index is 0.00199.